The summed E-state index contributed by atoms with van der Waals surface area (Å²) >= 11 is 0. The van der Waals surface area contributed by atoms with Crippen molar-refractivity contribution in [3.05, 3.63) is 0 Å². The van der Waals surface area contributed by atoms with Gasteiger partial charge in [0.1, 0.15) is 0 Å². The average Bonchev–Trinajstić information content (AvgIpc) is 2.69. The van der Waals surface area contributed by atoms with Crippen LogP contribution in [0.5, 0.6) is 0 Å². The summed E-state index contributed by atoms with van der Waals surface area (Å²) in [6, 6.07) is 0.365. The van der Waals surface area contributed by atoms with Crippen molar-refractivity contribution in [2.75, 3.05) is 13.2 Å². The number of carbonyl (C=O) groups is 1. The maximum absolute atomic E-state index is 12.5. The van der Waals surface area contributed by atoms with E-state index >= 15 is 0 Å². The van der Waals surface area contributed by atoms with E-state index in [1.165, 1.54) is 6.42 Å². The number of amides is 1. The first-order chi connectivity index (χ1) is 8.24. The predicted molar refractivity (Wildman–Crippen MR) is 67.8 cm³/mol. The largest absolute Gasteiger partial charge is 0.376 e. The quantitative estimate of drug-likeness (QED) is 0.757. The topological polar surface area (TPSA) is 29.5 Å². The molecule has 0 radical (unpaired) electrons. The Morgan fingerprint density at radius 1 is 1.41 bits per heavy atom. The highest BCUT2D eigenvalue weighted by Crippen LogP contribution is 2.30. The SMILES string of the molecule is CCCC(C)C(=O)N1CCCOC2CCCC21. The summed E-state index contributed by atoms with van der Waals surface area (Å²) in [4.78, 5) is 14.6. The second-order valence-corrected chi connectivity index (χ2v) is 5.48. The van der Waals surface area contributed by atoms with Gasteiger partial charge in [0.05, 0.1) is 12.1 Å². The Balaban J connectivity index is 2.03. The lowest BCUT2D eigenvalue weighted by molar-refractivity contribution is -0.138. The van der Waals surface area contributed by atoms with Gasteiger partial charge in [-0.2, -0.15) is 0 Å². The van der Waals surface area contributed by atoms with Gasteiger partial charge in [-0.15, -0.1) is 0 Å². The van der Waals surface area contributed by atoms with Crippen LogP contribution >= 0.6 is 0 Å². The predicted octanol–water partition coefficient (Wildman–Crippen LogP) is 2.59. The molecule has 0 spiro atoms. The van der Waals surface area contributed by atoms with Crippen molar-refractivity contribution < 1.29 is 9.53 Å². The van der Waals surface area contributed by atoms with E-state index in [2.05, 4.69) is 18.7 Å². The standard InChI is InChI=1S/C14H25NO2/c1-3-6-11(2)14(16)15-9-5-10-17-13-8-4-7-12(13)15/h11-13H,3-10H2,1-2H3. The van der Waals surface area contributed by atoms with Crippen LogP contribution in [0.3, 0.4) is 0 Å². The Morgan fingerprint density at radius 2 is 2.24 bits per heavy atom. The van der Waals surface area contributed by atoms with E-state index < -0.39 is 0 Å². The number of rotatable bonds is 3. The molecule has 2 rings (SSSR count). The summed E-state index contributed by atoms with van der Waals surface area (Å²) in [5.41, 5.74) is 0. The van der Waals surface area contributed by atoms with Gasteiger partial charge in [-0.05, 0) is 32.1 Å². The molecule has 1 aliphatic carbocycles. The molecule has 3 nitrogen and oxygen atoms in total. The third-order valence-corrected chi connectivity index (χ3v) is 4.12. The molecule has 0 bridgehead atoms. The first-order valence-corrected chi connectivity index (χ1v) is 7.16. The van der Waals surface area contributed by atoms with Gasteiger partial charge in [0, 0.05) is 19.1 Å². The van der Waals surface area contributed by atoms with E-state index in [0.717, 1.165) is 45.3 Å². The highest BCUT2D eigenvalue weighted by Gasteiger charge is 2.37. The summed E-state index contributed by atoms with van der Waals surface area (Å²) in [6.07, 6.45) is 6.89. The monoisotopic (exact) mass is 239 g/mol. The van der Waals surface area contributed by atoms with E-state index in [0.29, 0.717) is 18.1 Å². The van der Waals surface area contributed by atoms with Crippen LogP contribution in [-0.4, -0.2) is 36.1 Å². The zero-order valence-electron chi connectivity index (χ0n) is 11.2. The maximum Gasteiger partial charge on any atom is 0.225 e. The van der Waals surface area contributed by atoms with E-state index in [1.54, 1.807) is 0 Å². The molecule has 0 aromatic heterocycles. The molecule has 2 aliphatic rings. The molecule has 1 heterocycles. The van der Waals surface area contributed by atoms with Crippen molar-refractivity contribution in [2.45, 2.75) is 64.5 Å². The number of nitrogens with zero attached hydrogens (tertiary/aromatic N) is 1. The fourth-order valence-electron chi connectivity index (χ4n) is 3.21. The summed E-state index contributed by atoms with van der Waals surface area (Å²) in [7, 11) is 0. The fourth-order valence-corrected chi connectivity index (χ4v) is 3.21. The Kier molecular flexibility index (Phi) is 4.43. The van der Waals surface area contributed by atoms with Crippen molar-refractivity contribution in [3.63, 3.8) is 0 Å². The smallest absolute Gasteiger partial charge is 0.225 e. The van der Waals surface area contributed by atoms with Gasteiger partial charge in [-0.25, -0.2) is 0 Å². The summed E-state index contributed by atoms with van der Waals surface area (Å²) < 4.78 is 5.85. The minimum absolute atomic E-state index is 0.180. The van der Waals surface area contributed by atoms with Gasteiger partial charge in [0.2, 0.25) is 5.91 Å². The lowest BCUT2D eigenvalue weighted by Gasteiger charge is -2.32. The van der Waals surface area contributed by atoms with Gasteiger partial charge in [0.15, 0.2) is 0 Å². The van der Waals surface area contributed by atoms with Gasteiger partial charge < -0.3 is 9.64 Å². The third kappa shape index (κ3) is 2.82. The van der Waals surface area contributed by atoms with Gasteiger partial charge in [-0.3, -0.25) is 4.79 Å². The van der Waals surface area contributed by atoms with Gasteiger partial charge >= 0.3 is 0 Å². The molecule has 1 saturated heterocycles. The van der Waals surface area contributed by atoms with E-state index in [9.17, 15) is 4.79 Å². The molecule has 0 aromatic rings. The summed E-state index contributed by atoms with van der Waals surface area (Å²) in [5, 5.41) is 0. The van der Waals surface area contributed by atoms with Crippen molar-refractivity contribution in [3.8, 4) is 0 Å². The molecule has 0 aromatic carbocycles. The van der Waals surface area contributed by atoms with E-state index in [-0.39, 0.29) is 5.92 Å². The number of hydrogen-bond acceptors (Lipinski definition) is 2. The molecule has 0 N–H and O–H groups in total. The van der Waals surface area contributed by atoms with Crippen LogP contribution in [0.1, 0.15) is 52.4 Å². The Labute approximate surface area is 105 Å². The van der Waals surface area contributed by atoms with Crippen LogP contribution in [0, 0.1) is 5.92 Å². The third-order valence-electron chi connectivity index (χ3n) is 4.12. The van der Waals surface area contributed by atoms with Crippen LogP contribution in [-0.2, 0) is 9.53 Å². The molecule has 3 unspecified atom stereocenters. The van der Waals surface area contributed by atoms with Crippen molar-refractivity contribution >= 4 is 5.91 Å². The fraction of sp³-hybridized carbons (Fsp3) is 0.929. The van der Waals surface area contributed by atoms with E-state index in [4.69, 9.17) is 4.74 Å². The molecule has 3 atom stereocenters. The minimum atomic E-state index is 0.180. The molecular formula is C14H25NO2. The lowest BCUT2D eigenvalue weighted by atomic mass is 10.0. The molecule has 17 heavy (non-hydrogen) atoms. The zero-order valence-corrected chi connectivity index (χ0v) is 11.2. The molecule has 1 aliphatic heterocycles. The highest BCUT2D eigenvalue weighted by molar-refractivity contribution is 5.79. The van der Waals surface area contributed by atoms with Crippen molar-refractivity contribution in [2.24, 2.45) is 5.92 Å². The molecule has 3 heteroatoms. The van der Waals surface area contributed by atoms with Gasteiger partial charge in [-0.1, -0.05) is 20.3 Å². The number of hydrogen-bond donors (Lipinski definition) is 0. The molecule has 98 valence electrons. The molecule has 2 fully saturated rings. The number of carbonyl (C=O) groups excluding carboxylic acids is 1. The van der Waals surface area contributed by atoms with Crippen molar-refractivity contribution in [1.29, 1.82) is 0 Å². The number of fused-ring (bicyclic) bond motifs is 1. The molecular weight excluding hydrogens is 214 g/mol. The Hall–Kier alpha value is -0.570. The lowest BCUT2D eigenvalue weighted by Crippen LogP contribution is -2.46. The first-order valence-electron chi connectivity index (χ1n) is 7.16. The maximum atomic E-state index is 12.5. The minimum Gasteiger partial charge on any atom is -0.376 e. The zero-order chi connectivity index (χ0) is 12.3. The molecule has 1 saturated carbocycles. The summed E-state index contributed by atoms with van der Waals surface area (Å²) in [6.45, 7) is 5.94. The Bertz CT molecular complexity index is 267. The van der Waals surface area contributed by atoms with Crippen LogP contribution in [0.2, 0.25) is 0 Å². The number of ether oxygens (including phenoxy) is 1. The second kappa shape index (κ2) is 5.85. The average molecular weight is 239 g/mol. The first kappa shape index (κ1) is 12.9. The molecule has 1 amide bonds. The normalized spacial score (nSPS) is 30.8. The van der Waals surface area contributed by atoms with Crippen LogP contribution < -0.4 is 0 Å². The van der Waals surface area contributed by atoms with Crippen molar-refractivity contribution in [1.82, 2.24) is 4.90 Å². The van der Waals surface area contributed by atoms with Crippen LogP contribution in [0.15, 0.2) is 0 Å². The van der Waals surface area contributed by atoms with Gasteiger partial charge in [0.25, 0.3) is 0 Å². The van der Waals surface area contributed by atoms with Crippen LogP contribution in [0.25, 0.3) is 0 Å². The Morgan fingerprint density at radius 3 is 3.00 bits per heavy atom. The highest BCUT2D eigenvalue weighted by atomic mass is 16.5. The van der Waals surface area contributed by atoms with E-state index in [1.807, 2.05) is 0 Å². The second-order valence-electron chi connectivity index (χ2n) is 5.48. The summed E-state index contributed by atoms with van der Waals surface area (Å²) in [5.74, 6) is 0.536. The van der Waals surface area contributed by atoms with Crippen LogP contribution in [0.4, 0.5) is 0 Å².